The number of amides is 2. The van der Waals surface area contributed by atoms with Crippen LogP contribution in [0.4, 0.5) is 0 Å². The van der Waals surface area contributed by atoms with Gasteiger partial charge in [-0.05, 0) is 19.4 Å². The molecule has 2 amide bonds. The Balaban J connectivity index is 2.15. The third kappa shape index (κ3) is 4.26. The Bertz CT molecular complexity index is 286. The standard InChI is InChI=1S/C9H15N3O4/c13-7(11-5-8(14)15)4-12-9(16)6-2-1-3-10-6/h6,10H,1-5H2,(H,11,13)(H,12,16)(H,14,15)/t6-/m1/s1. The average Bonchev–Trinajstić information content (AvgIpc) is 2.76. The topological polar surface area (TPSA) is 108 Å². The summed E-state index contributed by atoms with van der Waals surface area (Å²) in [6.45, 7) is 0.184. The summed E-state index contributed by atoms with van der Waals surface area (Å²) in [7, 11) is 0. The van der Waals surface area contributed by atoms with Crippen molar-refractivity contribution in [2.24, 2.45) is 0 Å². The van der Waals surface area contributed by atoms with Crippen LogP contribution in [0.1, 0.15) is 12.8 Å². The van der Waals surface area contributed by atoms with E-state index in [-0.39, 0.29) is 18.5 Å². The molecule has 4 N–H and O–H groups in total. The van der Waals surface area contributed by atoms with Crippen LogP contribution in [0.5, 0.6) is 0 Å². The number of carboxylic acid groups (broad SMARTS) is 1. The van der Waals surface area contributed by atoms with E-state index in [4.69, 9.17) is 5.11 Å². The Kier molecular flexibility index (Phi) is 4.71. The lowest BCUT2D eigenvalue weighted by atomic mass is 10.2. The Morgan fingerprint density at radius 2 is 2.00 bits per heavy atom. The third-order valence-electron chi connectivity index (χ3n) is 2.24. The fourth-order valence-corrected chi connectivity index (χ4v) is 1.44. The van der Waals surface area contributed by atoms with E-state index in [1.54, 1.807) is 0 Å². The van der Waals surface area contributed by atoms with Crippen LogP contribution >= 0.6 is 0 Å². The maximum absolute atomic E-state index is 11.4. The Hall–Kier alpha value is -1.63. The van der Waals surface area contributed by atoms with Crippen LogP contribution in [0.3, 0.4) is 0 Å². The van der Waals surface area contributed by atoms with E-state index in [2.05, 4.69) is 16.0 Å². The zero-order chi connectivity index (χ0) is 12.0. The summed E-state index contributed by atoms with van der Waals surface area (Å²) in [5.74, 6) is -1.84. The first-order chi connectivity index (χ1) is 7.59. The lowest BCUT2D eigenvalue weighted by Crippen LogP contribution is -2.45. The van der Waals surface area contributed by atoms with Gasteiger partial charge in [0.25, 0.3) is 0 Å². The lowest BCUT2D eigenvalue weighted by Gasteiger charge is -2.10. The van der Waals surface area contributed by atoms with E-state index in [1.807, 2.05) is 0 Å². The van der Waals surface area contributed by atoms with E-state index < -0.39 is 18.4 Å². The highest BCUT2D eigenvalue weighted by atomic mass is 16.4. The van der Waals surface area contributed by atoms with Crippen molar-refractivity contribution in [1.82, 2.24) is 16.0 Å². The van der Waals surface area contributed by atoms with Gasteiger partial charge in [-0.2, -0.15) is 0 Å². The van der Waals surface area contributed by atoms with Gasteiger partial charge in [-0.25, -0.2) is 0 Å². The molecule has 0 bridgehead atoms. The van der Waals surface area contributed by atoms with Crippen molar-refractivity contribution >= 4 is 17.8 Å². The molecule has 0 radical (unpaired) electrons. The molecule has 1 heterocycles. The zero-order valence-corrected chi connectivity index (χ0v) is 8.78. The van der Waals surface area contributed by atoms with Crippen LogP contribution < -0.4 is 16.0 Å². The molecular weight excluding hydrogens is 214 g/mol. The van der Waals surface area contributed by atoms with E-state index in [0.717, 1.165) is 19.4 Å². The summed E-state index contributed by atoms with van der Waals surface area (Å²) in [5, 5.41) is 15.9. The van der Waals surface area contributed by atoms with E-state index >= 15 is 0 Å². The van der Waals surface area contributed by atoms with Crippen molar-refractivity contribution in [3.63, 3.8) is 0 Å². The van der Waals surface area contributed by atoms with Crippen LogP contribution in [-0.4, -0.2) is 48.6 Å². The zero-order valence-electron chi connectivity index (χ0n) is 8.78. The first-order valence-corrected chi connectivity index (χ1v) is 5.09. The van der Waals surface area contributed by atoms with Gasteiger partial charge < -0.3 is 21.1 Å². The Labute approximate surface area is 92.6 Å². The molecule has 1 aliphatic heterocycles. The van der Waals surface area contributed by atoms with Crippen LogP contribution in [-0.2, 0) is 14.4 Å². The molecule has 1 aliphatic rings. The highest BCUT2D eigenvalue weighted by molar-refractivity contribution is 5.88. The predicted molar refractivity (Wildman–Crippen MR) is 54.7 cm³/mol. The minimum atomic E-state index is -1.11. The smallest absolute Gasteiger partial charge is 0.322 e. The van der Waals surface area contributed by atoms with Gasteiger partial charge in [0.15, 0.2) is 0 Å². The van der Waals surface area contributed by atoms with E-state index in [0.29, 0.717) is 0 Å². The average molecular weight is 229 g/mol. The molecule has 7 nitrogen and oxygen atoms in total. The molecule has 0 aromatic heterocycles. The monoisotopic (exact) mass is 229 g/mol. The van der Waals surface area contributed by atoms with Gasteiger partial charge in [0.05, 0.1) is 12.6 Å². The number of carbonyl (C=O) groups excluding carboxylic acids is 2. The molecule has 0 saturated carbocycles. The molecule has 1 rings (SSSR count). The van der Waals surface area contributed by atoms with E-state index in [9.17, 15) is 14.4 Å². The molecule has 0 aromatic rings. The van der Waals surface area contributed by atoms with Gasteiger partial charge in [-0.15, -0.1) is 0 Å². The SMILES string of the molecule is O=C(O)CNC(=O)CNC(=O)[C@H]1CCCN1. The number of nitrogens with one attached hydrogen (secondary N) is 3. The van der Waals surface area contributed by atoms with Crippen molar-refractivity contribution in [2.45, 2.75) is 18.9 Å². The Morgan fingerprint density at radius 3 is 2.56 bits per heavy atom. The fourth-order valence-electron chi connectivity index (χ4n) is 1.44. The normalized spacial score (nSPS) is 19.1. The largest absolute Gasteiger partial charge is 0.480 e. The number of carbonyl (C=O) groups is 3. The molecule has 1 saturated heterocycles. The number of carboxylic acids is 1. The van der Waals surface area contributed by atoms with Gasteiger partial charge in [0.2, 0.25) is 11.8 Å². The summed E-state index contributed by atoms with van der Waals surface area (Å²) < 4.78 is 0. The second-order valence-electron chi connectivity index (χ2n) is 3.54. The first kappa shape index (κ1) is 12.4. The first-order valence-electron chi connectivity index (χ1n) is 5.09. The van der Waals surface area contributed by atoms with Gasteiger partial charge in [0, 0.05) is 0 Å². The molecular formula is C9H15N3O4. The molecule has 0 aliphatic carbocycles. The van der Waals surface area contributed by atoms with E-state index in [1.165, 1.54) is 0 Å². The summed E-state index contributed by atoms with van der Waals surface area (Å²) in [6.07, 6.45) is 1.71. The summed E-state index contributed by atoms with van der Waals surface area (Å²) in [4.78, 5) is 32.6. The molecule has 0 spiro atoms. The third-order valence-corrected chi connectivity index (χ3v) is 2.24. The minimum Gasteiger partial charge on any atom is -0.480 e. The van der Waals surface area contributed by atoms with Crippen molar-refractivity contribution in [1.29, 1.82) is 0 Å². The second-order valence-corrected chi connectivity index (χ2v) is 3.54. The number of rotatable bonds is 5. The minimum absolute atomic E-state index is 0.190. The molecule has 7 heteroatoms. The number of hydrogen-bond acceptors (Lipinski definition) is 4. The molecule has 0 unspecified atom stereocenters. The quantitative estimate of drug-likeness (QED) is 0.438. The molecule has 90 valence electrons. The highest BCUT2D eigenvalue weighted by Gasteiger charge is 2.21. The number of hydrogen-bond donors (Lipinski definition) is 4. The van der Waals surface area contributed by atoms with Crippen molar-refractivity contribution in [2.75, 3.05) is 19.6 Å². The maximum atomic E-state index is 11.4. The summed E-state index contributed by atoms with van der Waals surface area (Å²) in [6, 6.07) is -0.229. The molecule has 1 fully saturated rings. The van der Waals surface area contributed by atoms with Crippen LogP contribution in [0.15, 0.2) is 0 Å². The Morgan fingerprint density at radius 1 is 1.25 bits per heavy atom. The highest BCUT2D eigenvalue weighted by Crippen LogP contribution is 2.03. The molecule has 0 aromatic carbocycles. The summed E-state index contributed by atoms with van der Waals surface area (Å²) in [5.41, 5.74) is 0. The van der Waals surface area contributed by atoms with Crippen molar-refractivity contribution < 1.29 is 19.5 Å². The van der Waals surface area contributed by atoms with Crippen LogP contribution in [0.2, 0.25) is 0 Å². The van der Waals surface area contributed by atoms with Crippen LogP contribution in [0, 0.1) is 0 Å². The van der Waals surface area contributed by atoms with Gasteiger partial charge >= 0.3 is 5.97 Å². The molecule has 1 atom stereocenters. The van der Waals surface area contributed by atoms with Gasteiger partial charge in [-0.1, -0.05) is 0 Å². The van der Waals surface area contributed by atoms with Crippen molar-refractivity contribution in [3.05, 3.63) is 0 Å². The lowest BCUT2D eigenvalue weighted by molar-refractivity contribution is -0.137. The van der Waals surface area contributed by atoms with Gasteiger partial charge in [-0.3, -0.25) is 14.4 Å². The van der Waals surface area contributed by atoms with Gasteiger partial charge in [0.1, 0.15) is 6.54 Å². The number of aliphatic carboxylic acids is 1. The van der Waals surface area contributed by atoms with Crippen LogP contribution in [0.25, 0.3) is 0 Å². The predicted octanol–water partition coefficient (Wildman–Crippen LogP) is -1.94. The maximum Gasteiger partial charge on any atom is 0.322 e. The summed E-state index contributed by atoms with van der Waals surface area (Å²) >= 11 is 0. The fraction of sp³-hybridized carbons (Fsp3) is 0.667. The second kappa shape index (κ2) is 6.06. The van der Waals surface area contributed by atoms with Crippen molar-refractivity contribution in [3.8, 4) is 0 Å². The molecule has 16 heavy (non-hydrogen) atoms.